The van der Waals surface area contributed by atoms with Gasteiger partial charge in [0, 0.05) is 16.8 Å². The number of carbonyl (C=O) groups excluding carboxylic acids is 1. The van der Waals surface area contributed by atoms with Crippen LogP contribution in [0.25, 0.3) is 50.4 Å². The van der Waals surface area contributed by atoms with E-state index >= 15 is 0 Å². The van der Waals surface area contributed by atoms with E-state index in [4.69, 9.17) is 23.3 Å². The fourth-order valence-electron chi connectivity index (χ4n) is 7.92. The van der Waals surface area contributed by atoms with Crippen LogP contribution in [0.4, 0.5) is 17.1 Å². The number of aryl methyl sites for hydroxylation is 2. The number of para-hydroxylation sites is 2. The molecular weight excluding hydrogens is 872 g/mol. The summed E-state index contributed by atoms with van der Waals surface area (Å²) < 4.78 is 27.7. The van der Waals surface area contributed by atoms with Crippen molar-refractivity contribution < 1.29 is 48.4 Å². The zero-order chi connectivity index (χ0) is 47.9. The van der Waals surface area contributed by atoms with Crippen molar-refractivity contribution in [2.75, 3.05) is 11.1 Å². The van der Waals surface area contributed by atoms with Crippen LogP contribution in [0.1, 0.15) is 73.6 Å². The minimum Gasteiger partial charge on any atom is -1.00 e. The molecule has 0 atom stereocenters. The fraction of sp³-hybridized carbons (Fsp3) is 0.138. The van der Waals surface area contributed by atoms with Gasteiger partial charge in [-0.15, -0.1) is 12.6 Å². The van der Waals surface area contributed by atoms with E-state index in [2.05, 4.69) is 203 Å². The molecule has 8 aromatic carbocycles. The maximum absolute atomic E-state index is 10.0. The Bertz CT molecular complexity index is 3160. The second kappa shape index (κ2) is 25.3. The van der Waals surface area contributed by atoms with Crippen LogP contribution in [0, 0.1) is 13.8 Å². The number of aromatic nitrogens is 2. The monoisotopic (exact) mass is 928 g/mol. The van der Waals surface area contributed by atoms with Gasteiger partial charge in [0.1, 0.15) is 12.1 Å². The molecule has 68 heavy (non-hydrogen) atoms. The Morgan fingerprint density at radius 2 is 1.00 bits per heavy atom. The molecule has 0 saturated carbocycles. The van der Waals surface area contributed by atoms with E-state index in [1.165, 1.54) is 50.2 Å². The molecule has 0 bridgehead atoms. The van der Waals surface area contributed by atoms with Crippen LogP contribution in [-0.4, -0.2) is 28.5 Å². The Morgan fingerprint density at radius 3 is 1.51 bits per heavy atom. The number of nitrogens with one attached hydrogen (secondary N) is 1. The standard InChI is InChI=1S/C29H26N2.C22H24N2.C7H6O.Na.O3S.H/c1-20(2)24-16-10-11-17-27(24)31-28-19-25(22-12-6-4-7-13-22)21(3)18-26(28)30-29(31)23-14-8-5-9-15-23;1-15(2)18-11-7-8-12-21(18)24-22-14-19(16(3)13-20(22)23)17-9-5-4-6-10-17;8-6-7-4-2-1-3-5-7;;1-4(2)3;/h4-20H,1-3H3;4-15,24H,23H2,1-3H3;1-6H;;;/q;;;+1;;-1. The second-order valence-corrected chi connectivity index (χ2v) is 17.0. The molecule has 0 radical (unpaired) electrons. The molecular formula is C58H57N4NaO4S. The van der Waals surface area contributed by atoms with Crippen molar-refractivity contribution in [1.29, 1.82) is 0 Å². The summed E-state index contributed by atoms with van der Waals surface area (Å²) in [6.07, 6.45) is 0.833. The summed E-state index contributed by atoms with van der Waals surface area (Å²) in [6, 6.07) is 66.4. The number of aldehydes is 1. The van der Waals surface area contributed by atoms with Gasteiger partial charge in [-0.2, -0.15) is 0 Å². The van der Waals surface area contributed by atoms with E-state index in [1.807, 2.05) is 30.3 Å². The van der Waals surface area contributed by atoms with Gasteiger partial charge in [0.25, 0.3) is 0 Å². The van der Waals surface area contributed by atoms with E-state index in [0.717, 1.165) is 51.3 Å². The van der Waals surface area contributed by atoms with Crippen molar-refractivity contribution in [3.05, 3.63) is 222 Å². The molecule has 3 N–H and O–H groups in total. The molecule has 9 aromatic rings. The molecule has 0 fully saturated rings. The van der Waals surface area contributed by atoms with Crippen molar-refractivity contribution in [1.82, 2.24) is 9.55 Å². The molecule has 8 nitrogen and oxygen atoms in total. The molecule has 10 heteroatoms. The van der Waals surface area contributed by atoms with Gasteiger partial charge in [0.15, 0.2) is 0 Å². The van der Waals surface area contributed by atoms with Crippen molar-refractivity contribution in [2.24, 2.45) is 0 Å². The van der Waals surface area contributed by atoms with Gasteiger partial charge in [-0.3, -0.25) is 9.36 Å². The Labute approximate surface area is 425 Å². The Kier molecular flexibility index (Phi) is 19.4. The van der Waals surface area contributed by atoms with Crippen LogP contribution in [-0.2, 0) is 10.6 Å². The molecule has 0 aliphatic heterocycles. The van der Waals surface area contributed by atoms with Gasteiger partial charge in [0.05, 0.1) is 28.1 Å². The molecule has 0 amide bonds. The predicted octanol–water partition coefficient (Wildman–Crippen LogP) is 11.5. The van der Waals surface area contributed by atoms with Crippen LogP contribution in [0.2, 0.25) is 0 Å². The number of nitrogen functional groups attached to an aromatic ring is 1. The number of fused-ring (bicyclic) bond motifs is 1. The van der Waals surface area contributed by atoms with Gasteiger partial charge in [-0.25, -0.2) is 4.98 Å². The SMILES string of the molecule is Cc1cc(N)c(Nc2ccccc2C(C)C)cc1-c1ccccc1.Cc1cc2nc(-c3ccccc3)n(-c3ccccc3C(C)C)c2cc1-c1ccccc1.O=Cc1ccccc1.O=S(=O)=O.[H-].[Na+]. The first-order valence-electron chi connectivity index (χ1n) is 22.2. The molecule has 0 unspecified atom stereocenters. The second-order valence-electron chi connectivity index (χ2n) is 16.6. The van der Waals surface area contributed by atoms with Crippen LogP contribution < -0.4 is 40.6 Å². The first-order chi connectivity index (χ1) is 32.4. The number of anilines is 3. The number of benzene rings is 8. The third-order valence-corrected chi connectivity index (χ3v) is 11.2. The zero-order valence-electron chi connectivity index (χ0n) is 40.7. The molecule has 0 aliphatic carbocycles. The van der Waals surface area contributed by atoms with Crippen molar-refractivity contribution in [3.63, 3.8) is 0 Å². The van der Waals surface area contributed by atoms with E-state index in [1.54, 1.807) is 12.1 Å². The Hall–Kier alpha value is -6.88. The smallest absolute Gasteiger partial charge is 1.00 e. The Morgan fingerprint density at radius 1 is 0.559 bits per heavy atom. The number of nitrogens with zero attached hydrogens (tertiary/aromatic N) is 2. The van der Waals surface area contributed by atoms with E-state index in [0.29, 0.717) is 11.8 Å². The fourth-order valence-corrected chi connectivity index (χ4v) is 7.92. The number of carbonyl (C=O) groups is 1. The first kappa shape index (κ1) is 52.1. The van der Waals surface area contributed by atoms with Gasteiger partial charge in [-0.05, 0) is 107 Å². The largest absolute Gasteiger partial charge is 1.00 e. The van der Waals surface area contributed by atoms with Crippen molar-refractivity contribution in [3.8, 4) is 39.3 Å². The number of hydrogen-bond donors (Lipinski definition) is 2. The summed E-state index contributed by atoms with van der Waals surface area (Å²) in [5.74, 6) is 1.85. The minimum absolute atomic E-state index is 0. The van der Waals surface area contributed by atoms with E-state index in [-0.39, 0.29) is 31.0 Å². The third kappa shape index (κ3) is 13.6. The average Bonchev–Trinajstić information content (AvgIpc) is 3.71. The molecule has 0 spiro atoms. The van der Waals surface area contributed by atoms with Gasteiger partial charge >= 0.3 is 40.2 Å². The van der Waals surface area contributed by atoms with Crippen LogP contribution in [0.15, 0.2) is 194 Å². The normalized spacial score (nSPS) is 10.4. The summed E-state index contributed by atoms with van der Waals surface area (Å²) in [7, 11) is -3.11. The van der Waals surface area contributed by atoms with E-state index in [9.17, 15) is 4.79 Å². The number of nitrogens with two attached hydrogens (primary N) is 1. The van der Waals surface area contributed by atoms with Crippen LogP contribution in [0.5, 0.6) is 0 Å². The van der Waals surface area contributed by atoms with Gasteiger partial charge < -0.3 is 12.5 Å². The summed E-state index contributed by atoms with van der Waals surface area (Å²) in [5, 5.41) is 3.53. The van der Waals surface area contributed by atoms with E-state index < -0.39 is 10.6 Å². The third-order valence-electron chi connectivity index (χ3n) is 11.2. The molecule has 340 valence electrons. The minimum atomic E-state index is -3.11. The average molecular weight is 929 g/mol. The molecule has 9 rings (SSSR count). The predicted molar refractivity (Wildman–Crippen MR) is 278 cm³/mol. The van der Waals surface area contributed by atoms with Gasteiger partial charge in [0.2, 0.25) is 0 Å². The van der Waals surface area contributed by atoms with Crippen LogP contribution in [0.3, 0.4) is 0 Å². The summed E-state index contributed by atoms with van der Waals surface area (Å²) in [5.41, 5.74) is 24.2. The first-order valence-corrected chi connectivity index (χ1v) is 23.2. The molecule has 1 heterocycles. The maximum atomic E-state index is 10.0. The van der Waals surface area contributed by atoms with Gasteiger partial charge in [-0.1, -0.05) is 185 Å². The maximum Gasteiger partial charge on any atom is 1.00 e. The summed E-state index contributed by atoms with van der Waals surface area (Å²) in [4.78, 5) is 15.1. The van der Waals surface area contributed by atoms with Crippen molar-refractivity contribution in [2.45, 2.75) is 53.4 Å². The summed E-state index contributed by atoms with van der Waals surface area (Å²) >= 11 is 0. The topological polar surface area (TPSA) is 124 Å². The van der Waals surface area contributed by atoms with Crippen LogP contribution >= 0.6 is 0 Å². The quantitative estimate of drug-likeness (QED) is 0.0839. The number of imidazole rings is 1. The number of rotatable bonds is 9. The zero-order valence-corrected chi connectivity index (χ0v) is 42.5. The Balaban J connectivity index is 0.000000241. The number of hydrogen-bond acceptors (Lipinski definition) is 7. The molecule has 0 aliphatic rings. The van der Waals surface area contributed by atoms with Crippen molar-refractivity contribution >= 4 is 45.0 Å². The summed E-state index contributed by atoms with van der Waals surface area (Å²) in [6.45, 7) is 13.2. The molecule has 0 saturated heterocycles. The molecule has 1 aromatic heterocycles.